The molecule has 0 amide bonds. The lowest BCUT2D eigenvalue weighted by Crippen LogP contribution is -2.10. The van der Waals surface area contributed by atoms with E-state index in [1.807, 2.05) is 37.3 Å². The fraction of sp³-hybridized carbons (Fsp3) is 0.304. The third-order valence-electron chi connectivity index (χ3n) is 4.01. The molecule has 0 bridgehead atoms. The Kier molecular flexibility index (Phi) is 9.74. The van der Waals surface area contributed by atoms with Gasteiger partial charge < -0.3 is 19.0 Å². The van der Waals surface area contributed by atoms with E-state index < -0.39 is 5.97 Å². The molecule has 0 N–H and O–H groups in total. The molecule has 2 rings (SSSR count). The third-order valence-corrected chi connectivity index (χ3v) is 4.01. The maximum Gasteiger partial charge on any atom is 0.364 e. The lowest BCUT2D eigenvalue weighted by Gasteiger charge is -2.10. The number of aromatic nitrogens is 3. The summed E-state index contributed by atoms with van der Waals surface area (Å²) in [6.45, 7) is 4.25. The Balaban J connectivity index is 2.39. The Hall–Kier alpha value is -3.68. The van der Waals surface area contributed by atoms with Crippen LogP contribution in [0.15, 0.2) is 60.4 Å². The lowest BCUT2D eigenvalue weighted by molar-refractivity contribution is -0.107. The van der Waals surface area contributed by atoms with Crippen LogP contribution in [0.4, 0.5) is 0 Å². The number of ether oxygens (including phenoxy) is 3. The van der Waals surface area contributed by atoms with E-state index in [9.17, 15) is 9.59 Å². The van der Waals surface area contributed by atoms with E-state index in [1.54, 1.807) is 38.3 Å². The van der Waals surface area contributed by atoms with Crippen molar-refractivity contribution in [3.05, 3.63) is 71.7 Å². The van der Waals surface area contributed by atoms with Gasteiger partial charge in [-0.25, -0.2) is 9.48 Å². The molecule has 164 valence electrons. The van der Waals surface area contributed by atoms with E-state index in [0.717, 1.165) is 24.0 Å². The monoisotopic (exact) mass is 425 g/mol. The molecule has 0 saturated heterocycles. The van der Waals surface area contributed by atoms with Gasteiger partial charge in [-0.15, -0.1) is 5.10 Å². The summed E-state index contributed by atoms with van der Waals surface area (Å²) < 4.78 is 17.8. The molecular weight excluding hydrogens is 398 g/mol. The number of carbonyl (C=O) groups excluding carboxylic acids is 2. The molecule has 0 unspecified atom stereocenters. The molecule has 0 radical (unpaired) electrons. The first-order valence-corrected chi connectivity index (χ1v) is 10.0. The average molecular weight is 425 g/mol. The van der Waals surface area contributed by atoms with Crippen molar-refractivity contribution in [1.82, 2.24) is 15.0 Å². The van der Waals surface area contributed by atoms with Crippen LogP contribution in [0.3, 0.4) is 0 Å². The molecular formula is C23H27N3O5. The summed E-state index contributed by atoms with van der Waals surface area (Å²) in [5.74, 6) is 0.759. The van der Waals surface area contributed by atoms with Gasteiger partial charge in [-0.05, 0) is 43.2 Å². The summed E-state index contributed by atoms with van der Waals surface area (Å²) in [7, 11) is 1.60. The van der Waals surface area contributed by atoms with Crippen molar-refractivity contribution in [1.29, 1.82) is 0 Å². The number of allylic oxidation sites excluding steroid dienone is 5. The van der Waals surface area contributed by atoms with Crippen molar-refractivity contribution in [3.8, 4) is 11.6 Å². The van der Waals surface area contributed by atoms with E-state index in [-0.39, 0.29) is 18.2 Å². The topological polar surface area (TPSA) is 92.5 Å². The fourth-order valence-corrected chi connectivity index (χ4v) is 2.51. The van der Waals surface area contributed by atoms with E-state index in [1.165, 1.54) is 4.68 Å². The quantitative estimate of drug-likeness (QED) is 0.220. The number of esters is 1. The molecule has 8 heteroatoms. The maximum absolute atomic E-state index is 12.4. The minimum atomic E-state index is -0.617. The van der Waals surface area contributed by atoms with Crippen LogP contribution in [0, 0.1) is 0 Å². The number of aldehydes is 1. The third kappa shape index (κ3) is 7.26. The predicted molar refractivity (Wildman–Crippen MR) is 116 cm³/mol. The van der Waals surface area contributed by atoms with Gasteiger partial charge in [0.25, 0.3) is 5.88 Å². The van der Waals surface area contributed by atoms with Crippen LogP contribution in [0.5, 0.6) is 11.6 Å². The largest absolute Gasteiger partial charge is 0.497 e. The smallest absolute Gasteiger partial charge is 0.364 e. The average Bonchev–Trinajstić information content (AvgIpc) is 3.17. The number of nitrogens with zero attached hydrogens (tertiary/aromatic N) is 3. The van der Waals surface area contributed by atoms with Crippen molar-refractivity contribution in [2.75, 3.05) is 13.7 Å². The van der Waals surface area contributed by atoms with Crippen LogP contribution in [-0.4, -0.2) is 41.0 Å². The number of benzene rings is 1. The van der Waals surface area contributed by atoms with E-state index in [4.69, 9.17) is 14.2 Å². The number of hydrogen-bond acceptors (Lipinski definition) is 7. The zero-order valence-electron chi connectivity index (χ0n) is 18.0. The van der Waals surface area contributed by atoms with Gasteiger partial charge in [-0.3, -0.25) is 0 Å². The van der Waals surface area contributed by atoms with Crippen LogP contribution in [0.1, 0.15) is 42.7 Å². The highest BCUT2D eigenvalue weighted by Gasteiger charge is 2.23. The van der Waals surface area contributed by atoms with Gasteiger partial charge >= 0.3 is 5.97 Å². The van der Waals surface area contributed by atoms with Crippen molar-refractivity contribution >= 4 is 12.3 Å². The summed E-state index contributed by atoms with van der Waals surface area (Å²) in [5, 5.41) is 8.08. The lowest BCUT2D eigenvalue weighted by atomic mass is 10.2. The zero-order valence-corrected chi connectivity index (χ0v) is 18.0. The summed E-state index contributed by atoms with van der Waals surface area (Å²) in [5.41, 5.74) is 0.912. The van der Waals surface area contributed by atoms with Crippen LogP contribution in [-0.2, 0) is 16.1 Å². The molecule has 31 heavy (non-hydrogen) atoms. The van der Waals surface area contributed by atoms with Gasteiger partial charge in [0.05, 0.1) is 20.3 Å². The number of rotatable bonds is 12. The van der Waals surface area contributed by atoms with Gasteiger partial charge in [0.2, 0.25) is 5.69 Å². The van der Waals surface area contributed by atoms with E-state index in [2.05, 4.69) is 10.3 Å². The van der Waals surface area contributed by atoms with Crippen LogP contribution >= 0.6 is 0 Å². The molecule has 1 aromatic carbocycles. The van der Waals surface area contributed by atoms with Crippen molar-refractivity contribution in [3.63, 3.8) is 0 Å². The Morgan fingerprint density at radius 1 is 1.16 bits per heavy atom. The molecule has 2 aromatic rings. The zero-order chi connectivity index (χ0) is 22.5. The second-order valence-electron chi connectivity index (χ2n) is 6.28. The number of carbonyl (C=O) groups is 2. The molecule has 0 aliphatic heterocycles. The highest BCUT2D eigenvalue weighted by molar-refractivity contribution is 5.89. The first-order chi connectivity index (χ1) is 15.1. The highest BCUT2D eigenvalue weighted by Crippen LogP contribution is 2.22. The predicted octanol–water partition coefficient (Wildman–Crippen LogP) is 3.89. The second-order valence-corrected chi connectivity index (χ2v) is 6.28. The molecule has 0 aliphatic rings. The van der Waals surface area contributed by atoms with E-state index >= 15 is 0 Å². The maximum atomic E-state index is 12.4. The Labute approximate surface area is 181 Å². The van der Waals surface area contributed by atoms with Gasteiger partial charge in [0, 0.05) is 6.42 Å². The van der Waals surface area contributed by atoms with Crippen molar-refractivity contribution < 1.29 is 23.8 Å². The van der Waals surface area contributed by atoms with Gasteiger partial charge in [-0.2, -0.15) is 0 Å². The Morgan fingerprint density at radius 2 is 1.94 bits per heavy atom. The molecule has 0 spiro atoms. The summed E-state index contributed by atoms with van der Waals surface area (Å²) in [6, 6.07) is 7.47. The van der Waals surface area contributed by atoms with Gasteiger partial charge in [0.15, 0.2) is 0 Å². The number of hydrogen-bond donors (Lipinski definition) is 0. The normalized spacial score (nSPS) is 11.8. The second kappa shape index (κ2) is 12.8. The molecule has 0 atom stereocenters. The van der Waals surface area contributed by atoms with Crippen molar-refractivity contribution in [2.24, 2.45) is 0 Å². The van der Waals surface area contributed by atoms with Gasteiger partial charge in [-0.1, -0.05) is 42.5 Å². The van der Waals surface area contributed by atoms with E-state index in [0.29, 0.717) is 18.7 Å². The fourth-order valence-electron chi connectivity index (χ4n) is 2.51. The van der Waals surface area contributed by atoms with Crippen LogP contribution in [0.25, 0.3) is 0 Å². The summed E-state index contributed by atoms with van der Waals surface area (Å²) in [6.07, 6.45) is 10.7. The Bertz CT molecular complexity index is 943. The van der Waals surface area contributed by atoms with Crippen LogP contribution in [0.2, 0.25) is 0 Å². The minimum absolute atomic E-state index is 0.0111. The SMILES string of the molecule is CC\C=C/C(=C\C=C/CC=O)Oc1c(C(=O)OCC)nnn1Cc1ccc(OC)cc1. The molecule has 0 fully saturated rings. The summed E-state index contributed by atoms with van der Waals surface area (Å²) in [4.78, 5) is 22.9. The minimum Gasteiger partial charge on any atom is -0.497 e. The van der Waals surface area contributed by atoms with Crippen LogP contribution < -0.4 is 9.47 Å². The first kappa shape index (κ1) is 23.6. The first-order valence-electron chi connectivity index (χ1n) is 10.0. The van der Waals surface area contributed by atoms with Gasteiger partial charge in [0.1, 0.15) is 17.8 Å². The summed E-state index contributed by atoms with van der Waals surface area (Å²) >= 11 is 0. The standard InChI is InChI=1S/C23H27N3O5/c1-4-6-10-20(11-8-7-9-16-27)31-22-21(23(28)30-5-2)24-25-26(22)17-18-12-14-19(29-3)15-13-18/h6-8,10-16H,4-5,9,17H2,1-3H3/b8-7-,10-6-,20-11+. The molecule has 1 heterocycles. The molecule has 0 aliphatic carbocycles. The Morgan fingerprint density at radius 3 is 2.58 bits per heavy atom. The molecule has 1 aromatic heterocycles. The van der Waals surface area contributed by atoms with Crippen molar-refractivity contribution in [2.45, 2.75) is 33.2 Å². The number of methoxy groups -OCH3 is 1. The highest BCUT2D eigenvalue weighted by atomic mass is 16.5. The molecule has 8 nitrogen and oxygen atoms in total. The molecule has 0 saturated carbocycles.